The Bertz CT molecular complexity index is 519. The average Bonchev–Trinajstić information content (AvgIpc) is 2.36. The van der Waals surface area contributed by atoms with E-state index in [9.17, 15) is 13.6 Å². The molecule has 2 N–H and O–H groups in total. The molecule has 0 radical (unpaired) electrons. The first-order chi connectivity index (χ1) is 9.89. The zero-order chi connectivity index (χ0) is 15.6. The Hall–Kier alpha value is -1.69. The lowest BCUT2D eigenvalue weighted by atomic mass is 9.75. The molecule has 1 aromatic rings. The highest BCUT2D eigenvalue weighted by Crippen LogP contribution is 2.35. The van der Waals surface area contributed by atoms with E-state index in [1.807, 2.05) is 14.1 Å². The number of benzene rings is 1. The number of hydrogen-bond donors (Lipinski definition) is 2. The minimum atomic E-state index is -0.770. The maximum absolute atomic E-state index is 13.7. The molecule has 4 nitrogen and oxygen atoms in total. The monoisotopic (exact) mass is 297 g/mol. The molecule has 1 fully saturated rings. The fraction of sp³-hybridized carbons (Fsp3) is 0.533. The van der Waals surface area contributed by atoms with Gasteiger partial charge in [0.1, 0.15) is 17.3 Å². The highest BCUT2D eigenvalue weighted by atomic mass is 19.1. The molecule has 1 aromatic carbocycles. The summed E-state index contributed by atoms with van der Waals surface area (Å²) in [6.07, 6.45) is 3.16. The van der Waals surface area contributed by atoms with Crippen LogP contribution < -0.4 is 10.6 Å². The summed E-state index contributed by atoms with van der Waals surface area (Å²) in [6, 6.07) is 2.10. The molecule has 6 heteroatoms. The van der Waals surface area contributed by atoms with Crippen LogP contribution >= 0.6 is 0 Å². The van der Waals surface area contributed by atoms with Crippen LogP contribution in [0.15, 0.2) is 12.1 Å². The Labute approximate surface area is 123 Å². The second-order valence-electron chi connectivity index (χ2n) is 5.72. The van der Waals surface area contributed by atoms with Crippen LogP contribution in [0.1, 0.15) is 29.6 Å². The Morgan fingerprint density at radius 1 is 1.29 bits per heavy atom. The summed E-state index contributed by atoms with van der Waals surface area (Å²) in [5.41, 5.74) is -0.259. The summed E-state index contributed by atoms with van der Waals surface area (Å²) in [4.78, 5) is 14.2. The maximum atomic E-state index is 13.7. The fourth-order valence-electron chi connectivity index (χ4n) is 2.66. The van der Waals surface area contributed by atoms with Gasteiger partial charge in [-0.3, -0.25) is 4.79 Å². The Morgan fingerprint density at radius 3 is 2.24 bits per heavy atom. The number of halogens is 2. The van der Waals surface area contributed by atoms with Crippen LogP contribution in [0, 0.1) is 11.6 Å². The standard InChI is InChI=1S/C15H21F2N3O/c1-18-13-11(16)7-10(8-12(13)17)14(21)19-9-15(20(2)3)5-4-6-15/h7-8,18H,4-6,9H2,1-3H3,(H,19,21). The maximum Gasteiger partial charge on any atom is 0.251 e. The minimum Gasteiger partial charge on any atom is -0.383 e. The van der Waals surface area contributed by atoms with Crippen molar-refractivity contribution in [2.24, 2.45) is 0 Å². The summed E-state index contributed by atoms with van der Waals surface area (Å²) in [5.74, 6) is -1.99. The zero-order valence-corrected chi connectivity index (χ0v) is 12.6. The van der Waals surface area contributed by atoms with Crippen molar-refractivity contribution in [1.29, 1.82) is 0 Å². The lowest BCUT2D eigenvalue weighted by Gasteiger charge is -2.47. The third kappa shape index (κ3) is 3.00. The number of nitrogens with zero attached hydrogens (tertiary/aromatic N) is 1. The molecule has 0 atom stereocenters. The highest BCUT2D eigenvalue weighted by molar-refractivity contribution is 5.94. The van der Waals surface area contributed by atoms with Crippen LogP contribution in [-0.2, 0) is 0 Å². The fourth-order valence-corrected chi connectivity index (χ4v) is 2.66. The topological polar surface area (TPSA) is 44.4 Å². The molecule has 116 valence electrons. The van der Waals surface area contributed by atoms with Gasteiger partial charge >= 0.3 is 0 Å². The molecule has 0 aromatic heterocycles. The van der Waals surface area contributed by atoms with Crippen molar-refractivity contribution in [2.45, 2.75) is 24.8 Å². The van der Waals surface area contributed by atoms with Crippen molar-refractivity contribution < 1.29 is 13.6 Å². The van der Waals surface area contributed by atoms with Gasteiger partial charge in [-0.2, -0.15) is 0 Å². The molecule has 2 rings (SSSR count). The lowest BCUT2D eigenvalue weighted by Crippen LogP contribution is -2.57. The molecule has 0 bridgehead atoms. The van der Waals surface area contributed by atoms with Crippen molar-refractivity contribution in [2.75, 3.05) is 33.0 Å². The summed E-state index contributed by atoms with van der Waals surface area (Å²) < 4.78 is 27.3. The van der Waals surface area contributed by atoms with Crippen molar-refractivity contribution in [3.8, 4) is 0 Å². The van der Waals surface area contributed by atoms with E-state index in [1.165, 1.54) is 7.05 Å². The first-order valence-corrected chi connectivity index (χ1v) is 7.02. The summed E-state index contributed by atoms with van der Waals surface area (Å²) in [7, 11) is 5.39. The van der Waals surface area contributed by atoms with Crippen LogP contribution in [0.5, 0.6) is 0 Å². The third-order valence-electron chi connectivity index (χ3n) is 4.37. The number of amides is 1. The van der Waals surface area contributed by atoms with E-state index in [-0.39, 0.29) is 16.8 Å². The number of nitrogens with one attached hydrogen (secondary N) is 2. The van der Waals surface area contributed by atoms with Gasteiger partial charge in [0.2, 0.25) is 0 Å². The smallest absolute Gasteiger partial charge is 0.251 e. The van der Waals surface area contributed by atoms with Gasteiger partial charge in [-0.1, -0.05) is 0 Å². The molecular weight excluding hydrogens is 276 g/mol. The van der Waals surface area contributed by atoms with Gasteiger partial charge in [0.25, 0.3) is 5.91 Å². The van der Waals surface area contributed by atoms with E-state index in [4.69, 9.17) is 0 Å². The number of rotatable bonds is 5. The SMILES string of the molecule is CNc1c(F)cc(C(=O)NCC2(N(C)C)CCC2)cc1F. The van der Waals surface area contributed by atoms with E-state index in [1.54, 1.807) is 0 Å². The molecule has 0 saturated heterocycles. The zero-order valence-electron chi connectivity index (χ0n) is 12.6. The first kappa shape index (κ1) is 15.7. The molecule has 0 heterocycles. The molecule has 1 aliphatic carbocycles. The summed E-state index contributed by atoms with van der Waals surface area (Å²) >= 11 is 0. The summed E-state index contributed by atoms with van der Waals surface area (Å²) in [5, 5.41) is 5.21. The Kier molecular flexibility index (Phi) is 4.46. The second-order valence-corrected chi connectivity index (χ2v) is 5.72. The third-order valence-corrected chi connectivity index (χ3v) is 4.37. The second kappa shape index (κ2) is 5.97. The van der Waals surface area contributed by atoms with Crippen LogP contribution in [0.25, 0.3) is 0 Å². The van der Waals surface area contributed by atoms with Crippen LogP contribution in [0.3, 0.4) is 0 Å². The number of carbonyl (C=O) groups is 1. The predicted octanol–water partition coefficient (Wildman–Crippen LogP) is 2.22. The van der Waals surface area contributed by atoms with Crippen molar-refractivity contribution in [1.82, 2.24) is 10.2 Å². The van der Waals surface area contributed by atoms with Gasteiger partial charge in [-0.05, 0) is 45.5 Å². The van der Waals surface area contributed by atoms with Gasteiger partial charge < -0.3 is 15.5 Å². The molecule has 0 spiro atoms. The van der Waals surface area contributed by atoms with Gasteiger partial charge in [-0.15, -0.1) is 0 Å². The molecule has 1 saturated carbocycles. The molecule has 1 amide bonds. The molecular formula is C15H21F2N3O. The highest BCUT2D eigenvalue weighted by Gasteiger charge is 2.39. The van der Waals surface area contributed by atoms with Crippen LogP contribution in [0.4, 0.5) is 14.5 Å². The van der Waals surface area contributed by atoms with Gasteiger partial charge in [0, 0.05) is 24.7 Å². The van der Waals surface area contributed by atoms with E-state index in [0.29, 0.717) is 6.54 Å². The number of anilines is 1. The van der Waals surface area contributed by atoms with E-state index < -0.39 is 17.5 Å². The van der Waals surface area contributed by atoms with E-state index >= 15 is 0 Å². The van der Waals surface area contributed by atoms with Crippen molar-refractivity contribution >= 4 is 11.6 Å². The lowest BCUT2D eigenvalue weighted by molar-refractivity contribution is 0.0557. The quantitative estimate of drug-likeness (QED) is 0.876. The van der Waals surface area contributed by atoms with Crippen LogP contribution in [-0.4, -0.2) is 44.0 Å². The largest absolute Gasteiger partial charge is 0.383 e. The van der Waals surface area contributed by atoms with Gasteiger partial charge in [0.05, 0.1) is 0 Å². The Morgan fingerprint density at radius 2 is 1.86 bits per heavy atom. The first-order valence-electron chi connectivity index (χ1n) is 7.02. The van der Waals surface area contributed by atoms with Gasteiger partial charge in [0.15, 0.2) is 0 Å². The number of likely N-dealkylation sites (N-methyl/N-ethyl adjacent to an activating group) is 1. The number of carbonyl (C=O) groups excluding carboxylic acids is 1. The molecule has 21 heavy (non-hydrogen) atoms. The molecule has 0 aliphatic heterocycles. The van der Waals surface area contributed by atoms with Gasteiger partial charge in [-0.25, -0.2) is 8.78 Å². The predicted molar refractivity (Wildman–Crippen MR) is 78.5 cm³/mol. The van der Waals surface area contributed by atoms with Crippen molar-refractivity contribution in [3.63, 3.8) is 0 Å². The minimum absolute atomic E-state index is 0.00257. The van der Waals surface area contributed by atoms with E-state index in [2.05, 4.69) is 15.5 Å². The van der Waals surface area contributed by atoms with Crippen molar-refractivity contribution in [3.05, 3.63) is 29.3 Å². The van der Waals surface area contributed by atoms with Crippen LogP contribution in [0.2, 0.25) is 0 Å². The number of hydrogen-bond acceptors (Lipinski definition) is 3. The normalized spacial score (nSPS) is 16.5. The summed E-state index contributed by atoms with van der Waals surface area (Å²) in [6.45, 7) is 0.482. The average molecular weight is 297 g/mol. The molecule has 0 unspecified atom stereocenters. The van der Waals surface area contributed by atoms with E-state index in [0.717, 1.165) is 31.4 Å². The Balaban J connectivity index is 2.07. The molecule has 1 aliphatic rings.